The van der Waals surface area contributed by atoms with E-state index in [0.29, 0.717) is 19.5 Å². The molecule has 1 saturated heterocycles. The number of anilines is 1. The molecule has 0 bridgehead atoms. The van der Waals surface area contributed by atoms with Gasteiger partial charge >= 0.3 is 0 Å². The second-order valence-corrected chi connectivity index (χ2v) is 6.39. The lowest BCUT2D eigenvalue weighted by Crippen LogP contribution is -2.36. The van der Waals surface area contributed by atoms with Crippen LogP contribution in [0.3, 0.4) is 0 Å². The number of amides is 1. The van der Waals surface area contributed by atoms with Crippen molar-refractivity contribution in [2.45, 2.75) is 32.9 Å². The minimum Gasteiger partial charge on any atom is -0.357 e. The van der Waals surface area contributed by atoms with E-state index in [1.807, 2.05) is 43.4 Å². The molecule has 1 amide bonds. The highest BCUT2D eigenvalue weighted by molar-refractivity contribution is 5.95. The van der Waals surface area contributed by atoms with Gasteiger partial charge in [0.05, 0.1) is 12.7 Å². The monoisotopic (exact) mass is 354 g/mol. The molecule has 26 heavy (non-hydrogen) atoms. The molecule has 0 aliphatic carbocycles. The van der Waals surface area contributed by atoms with Crippen LogP contribution in [0, 0.1) is 0 Å². The molecule has 1 aliphatic heterocycles. The Labute approximate surface area is 154 Å². The summed E-state index contributed by atoms with van der Waals surface area (Å²) in [4.78, 5) is 18.3. The van der Waals surface area contributed by atoms with Gasteiger partial charge in [0.15, 0.2) is 5.96 Å². The van der Waals surface area contributed by atoms with Crippen LogP contribution in [-0.2, 0) is 24.9 Å². The first-order chi connectivity index (χ1) is 12.7. The molecule has 1 aliphatic rings. The van der Waals surface area contributed by atoms with E-state index in [2.05, 4.69) is 32.9 Å². The minimum absolute atomic E-state index is 0.216. The third kappa shape index (κ3) is 4.62. The normalized spacial score (nSPS) is 14.8. The maximum absolute atomic E-state index is 11.8. The average molecular weight is 354 g/mol. The number of rotatable bonds is 6. The van der Waals surface area contributed by atoms with Crippen LogP contribution in [-0.4, -0.2) is 34.7 Å². The van der Waals surface area contributed by atoms with Crippen molar-refractivity contribution in [3.63, 3.8) is 0 Å². The molecular weight excluding hydrogens is 328 g/mol. The van der Waals surface area contributed by atoms with Crippen LogP contribution in [0.15, 0.2) is 41.7 Å². The molecule has 0 radical (unpaired) electrons. The molecule has 1 aromatic carbocycles. The summed E-state index contributed by atoms with van der Waals surface area (Å²) in [6, 6.07) is 8.14. The number of aliphatic imine (C=N–C) groups is 1. The Morgan fingerprint density at radius 3 is 2.65 bits per heavy atom. The third-order valence-corrected chi connectivity index (χ3v) is 4.30. The Morgan fingerprint density at radius 2 is 2.04 bits per heavy atom. The number of aryl methyl sites for hydroxylation is 1. The Balaban J connectivity index is 1.57. The predicted molar refractivity (Wildman–Crippen MR) is 103 cm³/mol. The zero-order valence-corrected chi connectivity index (χ0v) is 15.4. The van der Waals surface area contributed by atoms with Crippen molar-refractivity contribution < 1.29 is 4.79 Å². The second kappa shape index (κ2) is 8.51. The van der Waals surface area contributed by atoms with Gasteiger partial charge in [-0.25, -0.2) is 4.99 Å². The fraction of sp³-hybridized carbons (Fsp3) is 0.421. The number of guanidine groups is 1. The van der Waals surface area contributed by atoms with Gasteiger partial charge in [-0.15, -0.1) is 0 Å². The van der Waals surface area contributed by atoms with Crippen molar-refractivity contribution in [2.24, 2.45) is 12.0 Å². The van der Waals surface area contributed by atoms with Crippen molar-refractivity contribution in [3.8, 4) is 0 Å². The summed E-state index contributed by atoms with van der Waals surface area (Å²) in [6.07, 6.45) is 5.39. The molecule has 1 aromatic heterocycles. The molecule has 7 heteroatoms. The molecule has 7 nitrogen and oxygen atoms in total. The lowest BCUT2D eigenvalue weighted by molar-refractivity contribution is -0.117. The topological polar surface area (TPSA) is 74.6 Å². The van der Waals surface area contributed by atoms with Crippen LogP contribution in [0.2, 0.25) is 0 Å². The molecule has 1 fully saturated rings. The molecule has 2 N–H and O–H groups in total. The fourth-order valence-electron chi connectivity index (χ4n) is 2.97. The molecule has 2 aromatic rings. The number of hydrogen-bond acceptors (Lipinski definition) is 3. The number of carbonyl (C=O) groups excluding carboxylic acids is 1. The zero-order chi connectivity index (χ0) is 18.4. The van der Waals surface area contributed by atoms with E-state index in [0.717, 1.165) is 42.3 Å². The van der Waals surface area contributed by atoms with Gasteiger partial charge in [-0.1, -0.05) is 12.1 Å². The van der Waals surface area contributed by atoms with Crippen molar-refractivity contribution in [2.75, 3.05) is 18.0 Å². The average Bonchev–Trinajstić information content (AvgIpc) is 3.26. The Kier molecular flexibility index (Phi) is 5.88. The summed E-state index contributed by atoms with van der Waals surface area (Å²) in [6.45, 7) is 4.92. The van der Waals surface area contributed by atoms with Crippen LogP contribution in [0.1, 0.15) is 30.9 Å². The van der Waals surface area contributed by atoms with Gasteiger partial charge < -0.3 is 15.5 Å². The highest BCUT2D eigenvalue weighted by Gasteiger charge is 2.21. The van der Waals surface area contributed by atoms with Crippen molar-refractivity contribution in [1.82, 2.24) is 20.4 Å². The number of nitrogens with one attached hydrogen (secondary N) is 2. The largest absolute Gasteiger partial charge is 0.357 e. The van der Waals surface area contributed by atoms with E-state index in [1.165, 1.54) is 0 Å². The molecule has 3 rings (SSSR count). The van der Waals surface area contributed by atoms with Gasteiger partial charge in [0.25, 0.3) is 0 Å². The molecule has 2 heterocycles. The van der Waals surface area contributed by atoms with E-state index >= 15 is 0 Å². The lowest BCUT2D eigenvalue weighted by atomic mass is 10.2. The van der Waals surface area contributed by atoms with Gasteiger partial charge in [-0.3, -0.25) is 9.48 Å². The molecule has 0 unspecified atom stereocenters. The number of nitrogens with zero attached hydrogens (tertiary/aromatic N) is 4. The molecule has 0 atom stereocenters. The van der Waals surface area contributed by atoms with Gasteiger partial charge in [0.1, 0.15) is 0 Å². The van der Waals surface area contributed by atoms with Gasteiger partial charge in [-0.05, 0) is 31.0 Å². The molecule has 138 valence electrons. The van der Waals surface area contributed by atoms with Crippen LogP contribution in [0.25, 0.3) is 0 Å². The lowest BCUT2D eigenvalue weighted by Gasteiger charge is -2.16. The first kappa shape index (κ1) is 18.0. The SMILES string of the molecule is CCNC(=NCc1cnn(C)c1)NCc1ccc(N2CCCC2=O)cc1. The zero-order valence-electron chi connectivity index (χ0n) is 15.4. The number of carbonyl (C=O) groups is 1. The Bertz CT molecular complexity index is 765. The molecule has 0 spiro atoms. The quantitative estimate of drug-likeness (QED) is 0.613. The fourth-order valence-corrected chi connectivity index (χ4v) is 2.97. The third-order valence-electron chi connectivity index (χ3n) is 4.30. The highest BCUT2D eigenvalue weighted by atomic mass is 16.2. The second-order valence-electron chi connectivity index (χ2n) is 6.39. The van der Waals surface area contributed by atoms with E-state index in [9.17, 15) is 4.79 Å². The van der Waals surface area contributed by atoms with Gasteiger partial charge in [0, 0.05) is 50.6 Å². The van der Waals surface area contributed by atoms with Crippen LogP contribution >= 0.6 is 0 Å². The maximum atomic E-state index is 11.8. The number of aromatic nitrogens is 2. The van der Waals surface area contributed by atoms with Crippen LogP contribution in [0.4, 0.5) is 5.69 Å². The van der Waals surface area contributed by atoms with Gasteiger partial charge in [-0.2, -0.15) is 5.10 Å². The molecule has 0 saturated carbocycles. The summed E-state index contributed by atoms with van der Waals surface area (Å²) in [5.74, 6) is 0.989. The predicted octanol–water partition coefficient (Wildman–Crippen LogP) is 1.80. The maximum Gasteiger partial charge on any atom is 0.227 e. The summed E-state index contributed by atoms with van der Waals surface area (Å²) in [7, 11) is 1.90. The van der Waals surface area contributed by atoms with E-state index in [-0.39, 0.29) is 5.91 Å². The van der Waals surface area contributed by atoms with Gasteiger partial charge in [0.2, 0.25) is 5.91 Å². The van der Waals surface area contributed by atoms with E-state index < -0.39 is 0 Å². The highest BCUT2D eigenvalue weighted by Crippen LogP contribution is 2.21. The Morgan fingerprint density at radius 1 is 1.23 bits per heavy atom. The number of hydrogen-bond donors (Lipinski definition) is 2. The van der Waals surface area contributed by atoms with Crippen LogP contribution < -0.4 is 15.5 Å². The van der Waals surface area contributed by atoms with Crippen molar-refractivity contribution in [3.05, 3.63) is 47.8 Å². The Hall–Kier alpha value is -2.83. The minimum atomic E-state index is 0.216. The van der Waals surface area contributed by atoms with E-state index in [4.69, 9.17) is 0 Å². The summed E-state index contributed by atoms with van der Waals surface area (Å²) >= 11 is 0. The number of benzene rings is 1. The summed E-state index contributed by atoms with van der Waals surface area (Å²) in [5.41, 5.74) is 3.20. The standard InChI is InChI=1S/C19H26N6O/c1-3-20-19(22-12-16-13-23-24(2)14-16)21-11-15-6-8-17(9-7-15)25-10-4-5-18(25)26/h6-9,13-14H,3-5,10-12H2,1-2H3,(H2,20,21,22). The molecular formula is C19H26N6O. The van der Waals surface area contributed by atoms with Crippen LogP contribution in [0.5, 0.6) is 0 Å². The summed E-state index contributed by atoms with van der Waals surface area (Å²) in [5, 5.41) is 10.8. The van der Waals surface area contributed by atoms with Crippen molar-refractivity contribution >= 4 is 17.6 Å². The van der Waals surface area contributed by atoms with Crippen molar-refractivity contribution in [1.29, 1.82) is 0 Å². The first-order valence-corrected chi connectivity index (χ1v) is 9.04. The first-order valence-electron chi connectivity index (χ1n) is 9.04. The summed E-state index contributed by atoms with van der Waals surface area (Å²) < 4.78 is 1.78. The van der Waals surface area contributed by atoms with E-state index in [1.54, 1.807) is 4.68 Å². The smallest absolute Gasteiger partial charge is 0.227 e.